The molecule has 3 fully saturated rings. The first-order chi connectivity index (χ1) is 25.6. The van der Waals surface area contributed by atoms with Crippen molar-refractivity contribution in [1.82, 2.24) is 0 Å². The highest BCUT2D eigenvalue weighted by molar-refractivity contribution is 5.69. The van der Waals surface area contributed by atoms with E-state index in [4.69, 9.17) is 4.74 Å². The van der Waals surface area contributed by atoms with Crippen LogP contribution in [-0.4, -0.2) is 12.1 Å². The lowest BCUT2D eigenvalue weighted by atomic mass is 9.47. The van der Waals surface area contributed by atoms with Crippen LogP contribution in [0.25, 0.3) is 0 Å². The normalized spacial score (nSPS) is 31.6. The van der Waals surface area contributed by atoms with Crippen molar-refractivity contribution in [2.45, 2.75) is 177 Å². The van der Waals surface area contributed by atoms with Gasteiger partial charge in [0, 0.05) is 12.8 Å². The summed E-state index contributed by atoms with van der Waals surface area (Å²) in [6.45, 7) is 17.3. The largest absolute Gasteiger partial charge is 0.462 e. The van der Waals surface area contributed by atoms with Gasteiger partial charge in [0.25, 0.3) is 0 Å². The maximum Gasteiger partial charge on any atom is 0.306 e. The molecule has 0 aliphatic heterocycles. The molecule has 2 heteroatoms. The number of ether oxygens (including phenoxy) is 1. The highest BCUT2D eigenvalue weighted by Crippen LogP contribution is 2.67. The van der Waals surface area contributed by atoms with Crippen molar-refractivity contribution in [3.63, 3.8) is 0 Å². The molecule has 0 spiro atoms. The maximum absolute atomic E-state index is 12.8. The number of rotatable bonds is 21. The molecule has 2 nitrogen and oxygen atoms in total. The number of carbonyl (C=O) groups excluding carboxylic acids is 1. The van der Waals surface area contributed by atoms with Gasteiger partial charge < -0.3 is 4.74 Å². The molecule has 296 valence electrons. The van der Waals surface area contributed by atoms with Gasteiger partial charge in [-0.3, -0.25) is 4.79 Å². The van der Waals surface area contributed by atoms with Crippen LogP contribution in [0.5, 0.6) is 0 Å². The average Bonchev–Trinajstić information content (AvgIpc) is 3.50. The van der Waals surface area contributed by atoms with Gasteiger partial charge in [-0.15, -0.1) is 0 Å². The van der Waals surface area contributed by atoms with Crippen LogP contribution in [0.1, 0.15) is 170 Å². The van der Waals surface area contributed by atoms with E-state index in [0.29, 0.717) is 17.3 Å². The fourth-order valence-electron chi connectivity index (χ4n) is 11.5. The summed E-state index contributed by atoms with van der Waals surface area (Å²) in [4.78, 5) is 12.8. The summed E-state index contributed by atoms with van der Waals surface area (Å²) in [7, 11) is 0. The van der Waals surface area contributed by atoms with Gasteiger partial charge in [0.05, 0.1) is 0 Å². The lowest BCUT2D eigenvalue weighted by molar-refractivity contribution is -0.151. The fraction of sp³-hybridized carbons (Fsp3) is 0.706. The Bertz CT molecular complexity index is 1310. The second-order valence-corrected chi connectivity index (χ2v) is 18.3. The summed E-state index contributed by atoms with van der Waals surface area (Å²) < 4.78 is 6.10. The molecule has 0 bridgehead atoms. The Kier molecular flexibility index (Phi) is 18.2. The van der Waals surface area contributed by atoms with Gasteiger partial charge >= 0.3 is 5.97 Å². The number of esters is 1. The van der Waals surface area contributed by atoms with Gasteiger partial charge in [-0.1, -0.05) is 146 Å². The topological polar surface area (TPSA) is 26.3 Å². The van der Waals surface area contributed by atoms with E-state index in [2.05, 4.69) is 127 Å². The molecule has 9 atom stereocenters. The molecule has 0 radical (unpaired) electrons. The van der Waals surface area contributed by atoms with E-state index in [1.165, 1.54) is 57.8 Å². The minimum absolute atomic E-state index is 0.0226. The second-order valence-electron chi connectivity index (χ2n) is 18.3. The zero-order valence-electron chi connectivity index (χ0n) is 35.4. The number of allylic oxidation sites excluding steroid dienone is 13. The van der Waals surface area contributed by atoms with Crippen molar-refractivity contribution in [2.75, 3.05) is 0 Å². The van der Waals surface area contributed by atoms with E-state index in [1.54, 1.807) is 5.57 Å². The monoisotopic (exact) mass is 725 g/mol. The van der Waals surface area contributed by atoms with E-state index < -0.39 is 0 Å². The molecule has 0 unspecified atom stereocenters. The van der Waals surface area contributed by atoms with E-state index >= 15 is 0 Å². The number of hydrogen-bond acceptors (Lipinski definition) is 2. The summed E-state index contributed by atoms with van der Waals surface area (Å²) in [6, 6.07) is 0. The molecule has 0 saturated heterocycles. The fourth-order valence-corrected chi connectivity index (χ4v) is 11.5. The van der Waals surface area contributed by atoms with Gasteiger partial charge in [-0.2, -0.15) is 0 Å². The van der Waals surface area contributed by atoms with Crippen molar-refractivity contribution in [3.05, 3.63) is 84.6 Å². The Hall–Kier alpha value is -2.35. The summed E-state index contributed by atoms with van der Waals surface area (Å²) in [6.07, 6.45) is 50.9. The first-order valence-electron chi connectivity index (χ1n) is 22.4. The third kappa shape index (κ3) is 12.3. The van der Waals surface area contributed by atoms with Crippen LogP contribution in [-0.2, 0) is 9.53 Å². The zero-order chi connectivity index (χ0) is 38.1. The van der Waals surface area contributed by atoms with Gasteiger partial charge in [-0.05, 0) is 149 Å². The molecule has 0 aromatic carbocycles. The summed E-state index contributed by atoms with van der Waals surface area (Å²) in [5, 5.41) is 0. The van der Waals surface area contributed by atoms with E-state index in [-0.39, 0.29) is 12.1 Å². The molecular formula is C51H80O2. The molecule has 4 aliphatic carbocycles. The van der Waals surface area contributed by atoms with Gasteiger partial charge in [0.15, 0.2) is 0 Å². The predicted molar refractivity (Wildman–Crippen MR) is 230 cm³/mol. The number of hydrogen-bond donors (Lipinski definition) is 0. The van der Waals surface area contributed by atoms with Crippen LogP contribution < -0.4 is 0 Å². The molecule has 53 heavy (non-hydrogen) atoms. The predicted octanol–water partition coefficient (Wildman–Crippen LogP) is 15.1. The van der Waals surface area contributed by atoms with Crippen LogP contribution in [0, 0.1) is 52.3 Å². The molecule has 4 aliphatic rings. The van der Waals surface area contributed by atoms with Gasteiger partial charge in [0.2, 0.25) is 0 Å². The van der Waals surface area contributed by atoms with Gasteiger partial charge in [-0.25, -0.2) is 0 Å². The van der Waals surface area contributed by atoms with E-state index in [9.17, 15) is 4.79 Å². The van der Waals surface area contributed by atoms with Crippen molar-refractivity contribution in [3.8, 4) is 0 Å². The molecular weight excluding hydrogens is 645 g/mol. The molecule has 4 rings (SSSR count). The Morgan fingerprint density at radius 2 is 1.36 bits per heavy atom. The smallest absolute Gasteiger partial charge is 0.306 e. The highest BCUT2D eigenvalue weighted by Gasteiger charge is 2.59. The molecule has 0 amide bonds. The Morgan fingerprint density at radius 3 is 1.94 bits per heavy atom. The average molecular weight is 725 g/mol. The zero-order valence-corrected chi connectivity index (χ0v) is 35.4. The Labute approximate surface area is 327 Å². The van der Waals surface area contributed by atoms with Crippen molar-refractivity contribution in [2.24, 2.45) is 52.3 Å². The van der Waals surface area contributed by atoms with Crippen LogP contribution in [0.15, 0.2) is 84.6 Å². The summed E-state index contributed by atoms with van der Waals surface area (Å²) >= 11 is 0. The highest BCUT2D eigenvalue weighted by atomic mass is 16.5. The van der Waals surface area contributed by atoms with Gasteiger partial charge in [0.1, 0.15) is 6.10 Å². The summed E-state index contributed by atoms with van der Waals surface area (Å²) in [5.74, 6) is 5.97. The number of carbonyl (C=O) groups is 1. The van der Waals surface area contributed by atoms with Crippen LogP contribution in [0.4, 0.5) is 0 Å². The molecule has 0 aromatic heterocycles. The lowest BCUT2D eigenvalue weighted by Gasteiger charge is -2.58. The lowest BCUT2D eigenvalue weighted by Crippen LogP contribution is -2.51. The standard InChI is InChI=1S/C51H80O2/c1-8-10-11-12-13-14-15-16-17-18-19-20-21-22-23-24-25-26-27-28-49(52)53-44-35-37-50(6)43(39-44)31-32-45-47-34-33-46(51(47,7)38-36-48(45)50)41(5)29-30-42(9-2)40(3)4/h10-11,13-14,16-17,19-20,22-23,25-26,31,40-42,44-48H,8-9,12,15,18,21,24,27-30,32-39H2,1-7H3/b11-10-,14-13-,17-16-,20-19-,23-22-,26-25-/t41-,42-,44+,45+,46-,47+,48+,50+,51-/m1/s1. The van der Waals surface area contributed by atoms with Crippen molar-refractivity contribution >= 4 is 5.97 Å². The second kappa shape index (κ2) is 22.3. The molecule has 3 saturated carbocycles. The first kappa shape index (κ1) is 43.4. The molecule has 0 N–H and O–H groups in total. The molecule has 0 aromatic rings. The number of fused-ring (bicyclic) bond motifs is 5. The van der Waals surface area contributed by atoms with Crippen LogP contribution in [0.2, 0.25) is 0 Å². The van der Waals surface area contributed by atoms with Crippen molar-refractivity contribution in [1.29, 1.82) is 0 Å². The van der Waals surface area contributed by atoms with Crippen LogP contribution in [0.3, 0.4) is 0 Å². The quantitative estimate of drug-likeness (QED) is 0.0870. The minimum Gasteiger partial charge on any atom is -0.462 e. The Balaban J connectivity index is 1.13. The van der Waals surface area contributed by atoms with E-state index in [0.717, 1.165) is 99.2 Å². The minimum atomic E-state index is -0.0226. The third-order valence-corrected chi connectivity index (χ3v) is 14.7. The SMILES string of the molecule is CC/C=C\C/C=C\C/C=C\C/C=C\C/C=C\C/C=C\CCC(=O)O[C@H]1CC[C@@]2(C)C(=CC[C@H]3[C@@H]4CC[C@H]([C@H](C)CC[C@@H](CC)C(C)C)[C@@]4(C)CC[C@@H]32)C1. The van der Waals surface area contributed by atoms with Crippen LogP contribution >= 0.6 is 0 Å². The summed E-state index contributed by atoms with van der Waals surface area (Å²) in [5.41, 5.74) is 2.44. The van der Waals surface area contributed by atoms with Crippen molar-refractivity contribution < 1.29 is 9.53 Å². The first-order valence-corrected chi connectivity index (χ1v) is 22.4. The third-order valence-electron chi connectivity index (χ3n) is 14.7. The van der Waals surface area contributed by atoms with E-state index in [1.807, 2.05) is 0 Å². The maximum atomic E-state index is 12.8. The molecule has 0 heterocycles. The Morgan fingerprint density at radius 1 is 0.755 bits per heavy atom.